The molecule has 0 bridgehead atoms. The van der Waals surface area contributed by atoms with Gasteiger partial charge in [0, 0.05) is 20.1 Å². The number of terminal acetylenes is 1. The highest BCUT2D eigenvalue weighted by Crippen LogP contribution is 2.27. The molecule has 5 heteroatoms. The van der Waals surface area contributed by atoms with Gasteiger partial charge in [0.25, 0.3) is 0 Å². The van der Waals surface area contributed by atoms with Crippen molar-refractivity contribution in [2.75, 3.05) is 27.3 Å². The molecule has 0 amide bonds. The van der Waals surface area contributed by atoms with Crippen molar-refractivity contribution in [3.8, 4) is 23.8 Å². The maximum Gasteiger partial charge on any atom is 0.191 e. The summed E-state index contributed by atoms with van der Waals surface area (Å²) in [6.07, 6.45) is 6.98. The van der Waals surface area contributed by atoms with E-state index < -0.39 is 0 Å². The van der Waals surface area contributed by atoms with E-state index in [1.807, 2.05) is 18.2 Å². The maximum atomic E-state index is 5.47. The van der Waals surface area contributed by atoms with Crippen molar-refractivity contribution in [2.24, 2.45) is 4.99 Å². The van der Waals surface area contributed by atoms with Crippen LogP contribution in [0.25, 0.3) is 0 Å². The van der Waals surface area contributed by atoms with Gasteiger partial charge in [0.15, 0.2) is 17.5 Å². The zero-order chi connectivity index (χ0) is 15.5. The Kier molecular flexibility index (Phi) is 7.30. The Morgan fingerprint density at radius 1 is 1.43 bits per heavy atom. The van der Waals surface area contributed by atoms with Crippen molar-refractivity contribution >= 4 is 5.96 Å². The molecule has 0 unspecified atom stereocenters. The van der Waals surface area contributed by atoms with Crippen molar-refractivity contribution in [2.45, 2.75) is 6.54 Å². The lowest BCUT2D eigenvalue weighted by molar-refractivity contribution is 0.330. The number of nitrogens with zero attached hydrogens (tertiary/aromatic N) is 1. The number of rotatable bonds is 7. The SMILES string of the molecule is C#CCOc1cc(CNC(=NC)NCC=C)ccc1OC. The van der Waals surface area contributed by atoms with E-state index in [2.05, 4.69) is 28.1 Å². The quantitative estimate of drug-likeness (QED) is 0.346. The fraction of sp³-hybridized carbons (Fsp3) is 0.312. The van der Waals surface area contributed by atoms with Crippen molar-refractivity contribution in [1.82, 2.24) is 10.6 Å². The molecule has 0 fully saturated rings. The van der Waals surface area contributed by atoms with E-state index in [1.165, 1.54) is 0 Å². The Labute approximate surface area is 126 Å². The third-order valence-electron chi connectivity index (χ3n) is 2.64. The number of hydrogen-bond acceptors (Lipinski definition) is 3. The van der Waals surface area contributed by atoms with Gasteiger partial charge in [0.1, 0.15) is 6.61 Å². The van der Waals surface area contributed by atoms with E-state index >= 15 is 0 Å². The lowest BCUT2D eigenvalue weighted by Gasteiger charge is -2.13. The number of hydrogen-bond donors (Lipinski definition) is 2. The molecule has 0 atom stereocenters. The Hall–Kier alpha value is -2.61. The number of nitrogens with one attached hydrogen (secondary N) is 2. The molecule has 0 aliphatic heterocycles. The molecule has 0 aliphatic carbocycles. The molecule has 1 aromatic carbocycles. The summed E-state index contributed by atoms with van der Waals surface area (Å²) in [5, 5.41) is 6.29. The minimum absolute atomic E-state index is 0.204. The van der Waals surface area contributed by atoms with Gasteiger partial charge in [0.05, 0.1) is 7.11 Å². The standard InChI is InChI=1S/C16H21N3O2/c1-5-9-18-16(17-3)19-12-13-7-8-14(20-4)15(11-13)21-10-6-2/h2,5,7-8,11H,1,9-10,12H2,3-4H3,(H2,17,18,19). The van der Waals surface area contributed by atoms with Crippen LogP contribution in [0.2, 0.25) is 0 Å². The molecule has 0 saturated carbocycles. The van der Waals surface area contributed by atoms with Crippen molar-refractivity contribution in [3.63, 3.8) is 0 Å². The van der Waals surface area contributed by atoms with Crippen LogP contribution in [0.15, 0.2) is 35.8 Å². The minimum atomic E-state index is 0.204. The summed E-state index contributed by atoms with van der Waals surface area (Å²) >= 11 is 0. The molecule has 0 radical (unpaired) electrons. The van der Waals surface area contributed by atoms with Gasteiger partial charge in [-0.25, -0.2) is 0 Å². The molecule has 0 aliphatic rings. The van der Waals surface area contributed by atoms with Gasteiger partial charge in [-0.05, 0) is 17.7 Å². The van der Waals surface area contributed by atoms with Crippen LogP contribution < -0.4 is 20.1 Å². The molecular formula is C16H21N3O2. The van der Waals surface area contributed by atoms with Crippen LogP contribution in [0.5, 0.6) is 11.5 Å². The van der Waals surface area contributed by atoms with Crippen LogP contribution >= 0.6 is 0 Å². The number of aliphatic imine (C=N–C) groups is 1. The number of methoxy groups -OCH3 is 1. The second kappa shape index (κ2) is 9.32. The lowest BCUT2D eigenvalue weighted by Crippen LogP contribution is -2.36. The molecular weight excluding hydrogens is 266 g/mol. The molecule has 0 heterocycles. The first kappa shape index (κ1) is 16.4. The molecule has 112 valence electrons. The third-order valence-corrected chi connectivity index (χ3v) is 2.64. The summed E-state index contributed by atoms with van der Waals surface area (Å²) in [6, 6.07) is 5.70. The average Bonchev–Trinajstić information content (AvgIpc) is 2.53. The van der Waals surface area contributed by atoms with E-state index in [0.29, 0.717) is 30.5 Å². The average molecular weight is 287 g/mol. The minimum Gasteiger partial charge on any atom is -0.493 e. The van der Waals surface area contributed by atoms with Crippen LogP contribution in [-0.2, 0) is 6.54 Å². The van der Waals surface area contributed by atoms with Gasteiger partial charge >= 0.3 is 0 Å². The summed E-state index contributed by atoms with van der Waals surface area (Å²) in [4.78, 5) is 4.11. The Morgan fingerprint density at radius 2 is 2.24 bits per heavy atom. The van der Waals surface area contributed by atoms with Gasteiger partial charge in [-0.1, -0.05) is 18.1 Å². The molecule has 21 heavy (non-hydrogen) atoms. The number of ether oxygens (including phenoxy) is 2. The predicted octanol–water partition coefficient (Wildman–Crippen LogP) is 1.56. The maximum absolute atomic E-state index is 5.47. The summed E-state index contributed by atoms with van der Waals surface area (Å²) in [5.74, 6) is 4.43. The van der Waals surface area contributed by atoms with Crippen molar-refractivity contribution in [3.05, 3.63) is 36.4 Å². The highest BCUT2D eigenvalue weighted by atomic mass is 16.5. The van der Waals surface area contributed by atoms with E-state index in [0.717, 1.165) is 5.56 Å². The largest absolute Gasteiger partial charge is 0.493 e. The molecule has 1 rings (SSSR count). The smallest absolute Gasteiger partial charge is 0.191 e. The molecule has 1 aromatic rings. The zero-order valence-electron chi connectivity index (χ0n) is 12.5. The normalized spacial score (nSPS) is 10.4. The fourth-order valence-electron chi connectivity index (χ4n) is 1.64. The van der Waals surface area contributed by atoms with Crippen LogP contribution in [-0.4, -0.2) is 33.3 Å². The van der Waals surface area contributed by atoms with E-state index in [9.17, 15) is 0 Å². The summed E-state index contributed by atoms with van der Waals surface area (Å²) in [7, 11) is 3.31. The van der Waals surface area contributed by atoms with Gasteiger partial charge in [0.2, 0.25) is 0 Å². The first-order valence-corrected chi connectivity index (χ1v) is 6.53. The first-order valence-electron chi connectivity index (χ1n) is 6.53. The molecule has 0 aromatic heterocycles. The van der Waals surface area contributed by atoms with Crippen molar-refractivity contribution < 1.29 is 9.47 Å². The summed E-state index contributed by atoms with van der Waals surface area (Å²) in [6.45, 7) is 5.11. The predicted molar refractivity (Wildman–Crippen MR) is 85.7 cm³/mol. The molecule has 0 saturated heterocycles. The van der Waals surface area contributed by atoms with E-state index in [1.54, 1.807) is 20.2 Å². The summed E-state index contributed by atoms with van der Waals surface area (Å²) < 4.78 is 10.7. The van der Waals surface area contributed by atoms with E-state index in [4.69, 9.17) is 15.9 Å². The topological polar surface area (TPSA) is 54.9 Å². The highest BCUT2D eigenvalue weighted by Gasteiger charge is 2.06. The monoisotopic (exact) mass is 287 g/mol. The first-order chi connectivity index (χ1) is 10.2. The fourth-order valence-corrected chi connectivity index (χ4v) is 1.64. The molecule has 0 spiro atoms. The van der Waals surface area contributed by atoms with Gasteiger partial charge in [-0.3, -0.25) is 4.99 Å². The van der Waals surface area contributed by atoms with E-state index in [-0.39, 0.29) is 6.61 Å². The Balaban J connectivity index is 2.70. The Morgan fingerprint density at radius 3 is 2.86 bits per heavy atom. The molecule has 5 nitrogen and oxygen atoms in total. The van der Waals surface area contributed by atoms with Gasteiger partial charge in [-0.2, -0.15) is 0 Å². The lowest BCUT2D eigenvalue weighted by atomic mass is 10.2. The van der Waals surface area contributed by atoms with Gasteiger partial charge < -0.3 is 20.1 Å². The molecule has 2 N–H and O–H groups in total. The van der Waals surface area contributed by atoms with Crippen molar-refractivity contribution in [1.29, 1.82) is 0 Å². The second-order valence-electron chi connectivity index (χ2n) is 4.07. The number of guanidine groups is 1. The highest BCUT2D eigenvalue weighted by molar-refractivity contribution is 5.79. The van der Waals surface area contributed by atoms with Crippen LogP contribution in [0, 0.1) is 12.3 Å². The van der Waals surface area contributed by atoms with Crippen LogP contribution in [0.4, 0.5) is 0 Å². The third kappa shape index (κ3) is 5.49. The number of benzene rings is 1. The zero-order valence-corrected chi connectivity index (χ0v) is 12.5. The van der Waals surface area contributed by atoms with Crippen LogP contribution in [0.3, 0.4) is 0 Å². The second-order valence-corrected chi connectivity index (χ2v) is 4.07. The van der Waals surface area contributed by atoms with Gasteiger partial charge in [-0.15, -0.1) is 13.0 Å². The Bertz CT molecular complexity index is 533. The van der Waals surface area contributed by atoms with Crippen LogP contribution in [0.1, 0.15) is 5.56 Å². The summed E-state index contributed by atoms with van der Waals surface area (Å²) in [5.41, 5.74) is 1.03.